The summed E-state index contributed by atoms with van der Waals surface area (Å²) in [5.41, 5.74) is 3.21. The van der Waals surface area contributed by atoms with E-state index in [9.17, 15) is 13.2 Å². The first kappa shape index (κ1) is 24.3. The molecule has 1 aliphatic carbocycles. The number of hydrogen-bond donors (Lipinski definition) is 1. The van der Waals surface area contributed by atoms with E-state index in [0.717, 1.165) is 11.4 Å². The first-order chi connectivity index (χ1) is 16.6. The summed E-state index contributed by atoms with van der Waals surface area (Å²) in [4.78, 5) is 4.81. The Morgan fingerprint density at radius 1 is 1.09 bits per heavy atom. The Labute approximate surface area is 214 Å². The van der Waals surface area contributed by atoms with E-state index in [2.05, 4.69) is 10.5 Å². The number of nitrogens with one attached hydrogen (secondary N) is 1. The third-order valence-electron chi connectivity index (χ3n) is 6.52. The van der Waals surface area contributed by atoms with Crippen LogP contribution in [0.5, 0.6) is 0 Å². The van der Waals surface area contributed by atoms with Crippen LogP contribution >= 0.6 is 34.8 Å². The molecule has 1 saturated carbocycles. The molecule has 1 N–H and O–H groups in total. The Morgan fingerprint density at radius 2 is 1.77 bits per heavy atom. The fourth-order valence-electron chi connectivity index (χ4n) is 4.51. The van der Waals surface area contributed by atoms with Gasteiger partial charge in [0.25, 0.3) is 0 Å². The van der Waals surface area contributed by atoms with Crippen molar-refractivity contribution < 1.29 is 17.9 Å². The van der Waals surface area contributed by atoms with Crippen LogP contribution in [-0.2, 0) is 11.2 Å². The van der Waals surface area contributed by atoms with Gasteiger partial charge in [-0.1, -0.05) is 48.1 Å². The fraction of sp³-hybridized carbons (Fsp3) is 0.333. The summed E-state index contributed by atoms with van der Waals surface area (Å²) in [5.74, 6) is 0.157. The highest BCUT2D eigenvalue weighted by Crippen LogP contribution is 2.55. The minimum atomic E-state index is -4.45. The predicted octanol–water partition coefficient (Wildman–Crippen LogP) is 7.73. The molecule has 5 rings (SSSR count). The molecule has 5 nitrogen and oxygen atoms in total. The van der Waals surface area contributed by atoms with Gasteiger partial charge >= 0.3 is 6.18 Å². The number of imidazole rings is 1. The Hall–Kier alpha value is -2.42. The number of hydrazone groups is 1. The predicted molar refractivity (Wildman–Crippen MR) is 130 cm³/mol. The summed E-state index contributed by atoms with van der Waals surface area (Å²) in [6.07, 6.45) is -4.53. The lowest BCUT2D eigenvalue weighted by Crippen LogP contribution is -2.50. The van der Waals surface area contributed by atoms with Gasteiger partial charge in [0.1, 0.15) is 16.9 Å². The van der Waals surface area contributed by atoms with Crippen molar-refractivity contribution in [3.63, 3.8) is 0 Å². The standard InChI is InChI=1S/C24H20Cl3F3N4O/c1-2-18-19(21-32-33-22(35-21)23(10-3-11-23)24(28,29)30)31-20(16-9-6-14(26)12-17(16)27)34(18)15-7-4-13(25)5-8-15/h4-9,12,21,32H,2-3,10-11H2,1H3. The molecule has 0 radical (unpaired) electrons. The summed E-state index contributed by atoms with van der Waals surface area (Å²) in [6.45, 7) is 1.93. The van der Waals surface area contributed by atoms with E-state index in [0.29, 0.717) is 45.0 Å². The van der Waals surface area contributed by atoms with Crippen LogP contribution in [0.25, 0.3) is 17.1 Å². The quantitative estimate of drug-likeness (QED) is 0.358. The first-order valence-electron chi connectivity index (χ1n) is 11.0. The maximum Gasteiger partial charge on any atom is 0.403 e. The van der Waals surface area contributed by atoms with Gasteiger partial charge in [-0.05, 0) is 61.7 Å². The van der Waals surface area contributed by atoms with Crippen molar-refractivity contribution in [2.45, 2.75) is 45.0 Å². The number of halogens is 6. The van der Waals surface area contributed by atoms with Crippen molar-refractivity contribution in [2.24, 2.45) is 10.5 Å². The number of alkyl halides is 3. The summed E-state index contributed by atoms with van der Waals surface area (Å²) in [7, 11) is 0. The largest absolute Gasteiger partial charge is 0.448 e. The molecule has 35 heavy (non-hydrogen) atoms. The van der Waals surface area contributed by atoms with Gasteiger partial charge in [0.05, 0.1) is 10.7 Å². The van der Waals surface area contributed by atoms with Crippen molar-refractivity contribution in [2.75, 3.05) is 0 Å². The molecule has 0 amide bonds. The molecule has 2 aromatic carbocycles. The number of hydrogen-bond acceptors (Lipinski definition) is 4. The SMILES string of the molecule is CCc1c(C2NN=C(C3(C(F)(F)F)CCC3)O2)nc(-c2ccc(Cl)cc2Cl)n1-c1ccc(Cl)cc1. The van der Waals surface area contributed by atoms with Crippen molar-refractivity contribution in [3.05, 3.63) is 68.9 Å². The molecule has 1 unspecified atom stereocenters. The van der Waals surface area contributed by atoms with Gasteiger partial charge in [-0.25, -0.2) is 4.98 Å². The number of nitrogens with zero attached hydrogens (tertiary/aromatic N) is 3. The van der Waals surface area contributed by atoms with Gasteiger partial charge in [-0.15, -0.1) is 5.10 Å². The molecule has 184 valence electrons. The zero-order valence-electron chi connectivity index (χ0n) is 18.5. The number of benzene rings is 2. The van der Waals surface area contributed by atoms with Crippen molar-refractivity contribution in [1.29, 1.82) is 0 Å². The van der Waals surface area contributed by atoms with E-state index < -0.39 is 17.8 Å². The van der Waals surface area contributed by atoms with Crippen LogP contribution in [-0.4, -0.2) is 21.6 Å². The van der Waals surface area contributed by atoms with Crippen LogP contribution in [0.4, 0.5) is 13.2 Å². The molecule has 11 heteroatoms. The Balaban J connectivity index is 1.61. The van der Waals surface area contributed by atoms with Crippen LogP contribution in [0.3, 0.4) is 0 Å². The monoisotopic (exact) mass is 542 g/mol. The molecule has 0 saturated heterocycles. The van der Waals surface area contributed by atoms with Gasteiger partial charge in [0, 0.05) is 21.3 Å². The van der Waals surface area contributed by atoms with Crippen LogP contribution in [0.1, 0.15) is 43.8 Å². The molecule has 0 bridgehead atoms. The zero-order chi connectivity index (χ0) is 25.0. The smallest absolute Gasteiger partial charge is 0.403 e. The van der Waals surface area contributed by atoms with E-state index in [4.69, 9.17) is 44.5 Å². The molecule has 3 aromatic rings. The molecule has 1 fully saturated rings. The van der Waals surface area contributed by atoms with E-state index in [-0.39, 0.29) is 18.7 Å². The molecule has 2 aliphatic rings. The molecular formula is C24H20Cl3F3N4O. The maximum atomic E-state index is 13.9. The molecule has 1 aromatic heterocycles. The van der Waals surface area contributed by atoms with Gasteiger partial charge in [-0.2, -0.15) is 13.2 Å². The van der Waals surface area contributed by atoms with Crippen LogP contribution < -0.4 is 5.43 Å². The van der Waals surface area contributed by atoms with Crippen molar-refractivity contribution >= 4 is 40.7 Å². The van der Waals surface area contributed by atoms with E-state index in [1.54, 1.807) is 30.3 Å². The average Bonchev–Trinajstić information content (AvgIpc) is 3.37. The van der Waals surface area contributed by atoms with Crippen molar-refractivity contribution in [3.8, 4) is 17.1 Å². The van der Waals surface area contributed by atoms with E-state index in [1.165, 1.54) is 0 Å². The molecule has 0 spiro atoms. The maximum absolute atomic E-state index is 13.9. The number of rotatable bonds is 5. The topological polar surface area (TPSA) is 51.4 Å². The van der Waals surface area contributed by atoms with E-state index >= 15 is 0 Å². The highest BCUT2D eigenvalue weighted by molar-refractivity contribution is 6.36. The third kappa shape index (κ3) is 4.05. The lowest BCUT2D eigenvalue weighted by Gasteiger charge is -2.41. The second kappa shape index (κ2) is 8.91. The third-order valence-corrected chi connectivity index (χ3v) is 7.32. The Morgan fingerprint density at radius 3 is 2.34 bits per heavy atom. The average molecular weight is 544 g/mol. The van der Waals surface area contributed by atoms with Gasteiger partial charge < -0.3 is 4.74 Å². The number of aromatic nitrogens is 2. The second-order valence-electron chi connectivity index (χ2n) is 8.53. The molecule has 2 heterocycles. The minimum absolute atomic E-state index is 0.0464. The van der Waals surface area contributed by atoms with Gasteiger partial charge in [0.15, 0.2) is 0 Å². The highest BCUT2D eigenvalue weighted by atomic mass is 35.5. The molecule has 1 atom stereocenters. The van der Waals surface area contributed by atoms with Gasteiger partial charge in [-0.3, -0.25) is 9.99 Å². The normalized spacial score (nSPS) is 19.1. The van der Waals surface area contributed by atoms with Crippen LogP contribution in [0.2, 0.25) is 15.1 Å². The second-order valence-corrected chi connectivity index (χ2v) is 9.81. The number of ether oxygens (including phenoxy) is 1. The summed E-state index contributed by atoms with van der Waals surface area (Å²) in [5, 5.41) is 5.39. The minimum Gasteiger partial charge on any atom is -0.448 e. The zero-order valence-corrected chi connectivity index (χ0v) is 20.7. The van der Waals surface area contributed by atoms with Gasteiger partial charge in [0.2, 0.25) is 12.1 Å². The highest BCUT2D eigenvalue weighted by Gasteiger charge is 2.64. The summed E-state index contributed by atoms with van der Waals surface area (Å²) in [6, 6.07) is 12.2. The Kier molecular flexibility index (Phi) is 6.18. The summed E-state index contributed by atoms with van der Waals surface area (Å²) < 4.78 is 49.3. The Bertz CT molecular complexity index is 1300. The van der Waals surface area contributed by atoms with Crippen molar-refractivity contribution in [1.82, 2.24) is 15.0 Å². The molecular weight excluding hydrogens is 524 g/mol. The van der Waals surface area contributed by atoms with Crippen LogP contribution in [0, 0.1) is 5.41 Å². The van der Waals surface area contributed by atoms with Crippen LogP contribution in [0.15, 0.2) is 47.6 Å². The summed E-state index contributed by atoms with van der Waals surface area (Å²) >= 11 is 18.7. The first-order valence-corrected chi connectivity index (χ1v) is 12.2. The fourth-order valence-corrected chi connectivity index (χ4v) is 5.13. The van der Waals surface area contributed by atoms with E-state index in [1.807, 2.05) is 23.6 Å². The lowest BCUT2D eigenvalue weighted by atomic mass is 9.68. The molecule has 1 aliphatic heterocycles. The lowest BCUT2D eigenvalue weighted by molar-refractivity contribution is -0.226.